The van der Waals surface area contributed by atoms with Crippen molar-refractivity contribution in [2.75, 3.05) is 13.2 Å². The monoisotopic (exact) mass is 356 g/mol. The van der Waals surface area contributed by atoms with Crippen molar-refractivity contribution >= 4 is 5.97 Å². The minimum Gasteiger partial charge on any atom is -0.466 e. The van der Waals surface area contributed by atoms with E-state index in [2.05, 4.69) is 0 Å². The summed E-state index contributed by atoms with van der Waals surface area (Å²) in [6.45, 7) is 2.03. The minimum atomic E-state index is -1.07. The van der Waals surface area contributed by atoms with Gasteiger partial charge in [-0.15, -0.1) is 0 Å². The highest BCUT2D eigenvalue weighted by Gasteiger charge is 2.67. The van der Waals surface area contributed by atoms with E-state index in [4.69, 9.17) is 18.9 Å². The van der Waals surface area contributed by atoms with Gasteiger partial charge in [-0.25, -0.2) is 8.78 Å². The van der Waals surface area contributed by atoms with Gasteiger partial charge >= 0.3 is 5.97 Å². The van der Waals surface area contributed by atoms with Crippen LogP contribution < -0.4 is 0 Å². The fourth-order valence-electron chi connectivity index (χ4n) is 3.66. The second-order valence-corrected chi connectivity index (χ2v) is 6.42. The Bertz CT molecular complexity index is 683. The number of carbonyl (C=O) groups is 1. The van der Waals surface area contributed by atoms with Crippen molar-refractivity contribution < 1.29 is 37.6 Å². The van der Waals surface area contributed by atoms with Gasteiger partial charge in [0.15, 0.2) is 6.29 Å². The molecule has 0 amide bonds. The quantitative estimate of drug-likeness (QED) is 0.824. The SMILES string of the molecule is CCOC(=O)C1[C@@H]2[C@@H](O)[C@@H]3O[C@H](c4ccc(F)cc4F)OC[C@H]3O[C@H]12. The number of ether oxygens (including phenoxy) is 4. The highest BCUT2D eigenvalue weighted by atomic mass is 19.1. The van der Waals surface area contributed by atoms with E-state index in [0.717, 1.165) is 12.1 Å². The average molecular weight is 356 g/mol. The lowest BCUT2D eigenvalue weighted by atomic mass is 9.99. The third-order valence-electron chi connectivity index (χ3n) is 4.90. The molecule has 1 saturated carbocycles. The summed E-state index contributed by atoms with van der Waals surface area (Å²) in [4.78, 5) is 11.9. The Morgan fingerprint density at radius 3 is 2.84 bits per heavy atom. The van der Waals surface area contributed by atoms with E-state index in [0.29, 0.717) is 0 Å². The van der Waals surface area contributed by atoms with Crippen LogP contribution in [0, 0.1) is 23.5 Å². The number of benzene rings is 1. The molecule has 1 unspecified atom stereocenters. The molecule has 0 aromatic heterocycles. The Kier molecular flexibility index (Phi) is 4.23. The van der Waals surface area contributed by atoms with E-state index in [-0.39, 0.29) is 18.8 Å². The molecular formula is C17H18F2O6. The topological polar surface area (TPSA) is 74.2 Å². The maximum atomic E-state index is 13.9. The summed E-state index contributed by atoms with van der Waals surface area (Å²) in [5, 5.41) is 10.6. The summed E-state index contributed by atoms with van der Waals surface area (Å²) in [6, 6.07) is 3.10. The Morgan fingerprint density at radius 1 is 1.32 bits per heavy atom. The molecule has 3 aliphatic rings. The third kappa shape index (κ3) is 2.83. The summed E-state index contributed by atoms with van der Waals surface area (Å²) in [7, 11) is 0. The van der Waals surface area contributed by atoms with Crippen LogP contribution in [0.25, 0.3) is 0 Å². The van der Waals surface area contributed by atoms with Gasteiger partial charge in [-0.3, -0.25) is 4.79 Å². The number of hydrogen-bond acceptors (Lipinski definition) is 6. The molecule has 1 N–H and O–H groups in total. The molecule has 1 aromatic carbocycles. The number of hydrogen-bond donors (Lipinski definition) is 1. The molecule has 0 bridgehead atoms. The van der Waals surface area contributed by atoms with Gasteiger partial charge in [0, 0.05) is 17.5 Å². The first-order valence-corrected chi connectivity index (χ1v) is 8.23. The molecule has 25 heavy (non-hydrogen) atoms. The van der Waals surface area contributed by atoms with Crippen molar-refractivity contribution in [2.24, 2.45) is 11.8 Å². The van der Waals surface area contributed by atoms with Gasteiger partial charge in [-0.2, -0.15) is 0 Å². The van der Waals surface area contributed by atoms with Gasteiger partial charge in [0.1, 0.15) is 23.8 Å². The van der Waals surface area contributed by atoms with Crippen LogP contribution in [0.2, 0.25) is 0 Å². The molecule has 2 saturated heterocycles. The first-order valence-electron chi connectivity index (χ1n) is 8.23. The van der Waals surface area contributed by atoms with Gasteiger partial charge in [-0.1, -0.05) is 0 Å². The number of carbonyl (C=O) groups excluding carboxylic acids is 1. The normalized spacial score (nSPS) is 39.3. The van der Waals surface area contributed by atoms with Gasteiger partial charge in [-0.05, 0) is 19.1 Å². The maximum absolute atomic E-state index is 13.9. The number of esters is 1. The summed E-state index contributed by atoms with van der Waals surface area (Å²) in [5.41, 5.74) is 0.0481. The summed E-state index contributed by atoms with van der Waals surface area (Å²) < 4.78 is 48.9. The van der Waals surface area contributed by atoms with Crippen LogP contribution in [-0.2, 0) is 23.7 Å². The largest absolute Gasteiger partial charge is 0.466 e. The third-order valence-corrected chi connectivity index (χ3v) is 4.90. The number of rotatable bonds is 3. The van der Waals surface area contributed by atoms with Gasteiger partial charge < -0.3 is 24.1 Å². The predicted octanol–water partition coefficient (Wildman–Crippen LogP) is 1.32. The number of aliphatic hydroxyl groups is 1. The molecule has 8 heteroatoms. The van der Waals surface area contributed by atoms with Crippen LogP contribution in [0.4, 0.5) is 8.78 Å². The molecule has 0 radical (unpaired) electrons. The smallest absolute Gasteiger partial charge is 0.312 e. The Balaban J connectivity index is 1.49. The number of aliphatic hydroxyl groups excluding tert-OH is 1. The van der Waals surface area contributed by atoms with Crippen LogP contribution in [0.15, 0.2) is 18.2 Å². The lowest BCUT2D eigenvalue weighted by Gasteiger charge is -2.41. The van der Waals surface area contributed by atoms with Crippen molar-refractivity contribution in [3.8, 4) is 0 Å². The molecule has 1 aliphatic carbocycles. The summed E-state index contributed by atoms with van der Waals surface area (Å²) in [6.07, 6.45) is -3.76. The van der Waals surface area contributed by atoms with Crippen LogP contribution in [0.1, 0.15) is 18.8 Å². The predicted molar refractivity (Wildman–Crippen MR) is 78.2 cm³/mol. The molecule has 6 nitrogen and oxygen atoms in total. The van der Waals surface area contributed by atoms with Crippen LogP contribution >= 0.6 is 0 Å². The molecule has 1 aromatic rings. The van der Waals surface area contributed by atoms with Crippen molar-refractivity contribution in [3.63, 3.8) is 0 Å². The van der Waals surface area contributed by atoms with Crippen molar-refractivity contribution in [3.05, 3.63) is 35.4 Å². The van der Waals surface area contributed by atoms with Crippen LogP contribution in [0.3, 0.4) is 0 Å². The summed E-state index contributed by atoms with van der Waals surface area (Å²) >= 11 is 0. The van der Waals surface area contributed by atoms with Gasteiger partial charge in [0.05, 0.1) is 31.3 Å². The first-order chi connectivity index (χ1) is 12.0. The fraction of sp³-hybridized carbons (Fsp3) is 0.588. The van der Waals surface area contributed by atoms with Gasteiger partial charge in [0.2, 0.25) is 0 Å². The lowest BCUT2D eigenvalue weighted by molar-refractivity contribution is -0.301. The zero-order chi connectivity index (χ0) is 17.7. The number of fused-ring (bicyclic) bond motifs is 2. The van der Waals surface area contributed by atoms with Gasteiger partial charge in [0.25, 0.3) is 0 Å². The Hall–Kier alpha value is -1.61. The highest BCUT2D eigenvalue weighted by molar-refractivity contribution is 5.77. The van der Waals surface area contributed by atoms with Crippen LogP contribution in [0.5, 0.6) is 0 Å². The fourth-order valence-corrected chi connectivity index (χ4v) is 3.66. The summed E-state index contributed by atoms with van der Waals surface area (Å²) in [5.74, 6) is -2.82. The number of halogens is 2. The van der Waals surface area contributed by atoms with E-state index >= 15 is 0 Å². The van der Waals surface area contributed by atoms with E-state index in [9.17, 15) is 18.7 Å². The van der Waals surface area contributed by atoms with E-state index in [1.807, 2.05) is 0 Å². The maximum Gasteiger partial charge on any atom is 0.312 e. The highest BCUT2D eigenvalue weighted by Crippen LogP contribution is 2.52. The molecule has 3 fully saturated rings. The van der Waals surface area contributed by atoms with E-state index in [1.165, 1.54) is 6.07 Å². The van der Waals surface area contributed by atoms with Crippen molar-refractivity contribution in [1.82, 2.24) is 0 Å². The second kappa shape index (κ2) is 6.28. The van der Waals surface area contributed by atoms with E-state index in [1.54, 1.807) is 6.92 Å². The average Bonchev–Trinajstić information content (AvgIpc) is 3.30. The molecule has 2 aliphatic heterocycles. The zero-order valence-corrected chi connectivity index (χ0v) is 13.4. The minimum absolute atomic E-state index is 0.0481. The van der Waals surface area contributed by atoms with Crippen LogP contribution in [-0.4, -0.2) is 48.7 Å². The Morgan fingerprint density at radius 2 is 2.12 bits per heavy atom. The molecule has 4 rings (SSSR count). The first kappa shape index (κ1) is 16.8. The van der Waals surface area contributed by atoms with Crippen molar-refractivity contribution in [1.29, 1.82) is 0 Å². The van der Waals surface area contributed by atoms with E-state index < -0.39 is 60.1 Å². The standard InChI is InChI=1S/C17H18F2O6/c1-2-22-16(21)12-11-13(20)14-10(24-15(11)12)6-23-17(25-14)8-4-3-7(18)5-9(8)19/h3-5,10-15,17,20H,2,6H2,1H3/t10-,11-,12?,13-,14-,15+,17-/m1/s1. The molecule has 0 spiro atoms. The molecular weight excluding hydrogens is 338 g/mol. The zero-order valence-electron chi connectivity index (χ0n) is 13.4. The van der Waals surface area contributed by atoms with Crippen molar-refractivity contribution in [2.45, 2.75) is 37.6 Å². The molecule has 7 atom stereocenters. The molecule has 136 valence electrons. The molecule has 2 heterocycles. The second-order valence-electron chi connectivity index (χ2n) is 6.42. The lowest BCUT2D eigenvalue weighted by Crippen LogP contribution is -2.53. The Labute approximate surface area is 142 Å².